The molecule has 0 saturated carbocycles. The molecular formula is C70H121NO10. The number of hydrogen-bond donors (Lipinski definition) is 6. The van der Waals surface area contributed by atoms with Crippen molar-refractivity contribution in [3.63, 3.8) is 0 Å². The Morgan fingerprint density at radius 1 is 0.481 bits per heavy atom. The second-order valence-corrected chi connectivity index (χ2v) is 22.5. The van der Waals surface area contributed by atoms with Gasteiger partial charge in [-0.3, -0.25) is 9.59 Å². The number of unbranched alkanes of at least 4 members (excludes halogenated alkanes) is 27. The van der Waals surface area contributed by atoms with Gasteiger partial charge in [0.05, 0.1) is 25.4 Å². The molecule has 1 amide bonds. The number of carbonyl (C=O) groups is 2. The molecule has 0 aromatic rings. The molecule has 8 unspecified atom stereocenters. The van der Waals surface area contributed by atoms with Crippen molar-refractivity contribution in [2.75, 3.05) is 13.2 Å². The van der Waals surface area contributed by atoms with Gasteiger partial charge in [0.25, 0.3) is 0 Å². The molecule has 0 radical (unpaired) electrons. The zero-order chi connectivity index (χ0) is 58.9. The van der Waals surface area contributed by atoms with E-state index in [2.05, 4.69) is 111 Å². The number of esters is 1. The van der Waals surface area contributed by atoms with Crippen molar-refractivity contribution < 1.29 is 49.3 Å². The van der Waals surface area contributed by atoms with Crippen LogP contribution < -0.4 is 5.32 Å². The highest BCUT2D eigenvalue weighted by molar-refractivity contribution is 5.80. The second-order valence-electron chi connectivity index (χ2n) is 22.5. The fraction of sp³-hybridized carbons (Fsp3) is 0.743. The van der Waals surface area contributed by atoms with E-state index in [9.17, 15) is 35.1 Å². The quantitative estimate of drug-likeness (QED) is 0.0195. The average molecular weight is 1140 g/mol. The van der Waals surface area contributed by atoms with Crippen LogP contribution in [0.1, 0.15) is 271 Å². The summed E-state index contributed by atoms with van der Waals surface area (Å²) in [6.45, 7) is 5.72. The summed E-state index contributed by atoms with van der Waals surface area (Å²) >= 11 is 0. The zero-order valence-electron chi connectivity index (χ0n) is 51.6. The van der Waals surface area contributed by atoms with E-state index >= 15 is 0 Å². The lowest BCUT2D eigenvalue weighted by Crippen LogP contribution is -2.61. The summed E-state index contributed by atoms with van der Waals surface area (Å²) in [7, 11) is 0. The van der Waals surface area contributed by atoms with Crippen LogP contribution in [-0.4, -0.2) is 99.6 Å². The van der Waals surface area contributed by atoms with Gasteiger partial charge < -0.3 is 45.1 Å². The van der Waals surface area contributed by atoms with E-state index in [0.29, 0.717) is 12.8 Å². The van der Waals surface area contributed by atoms with E-state index in [1.807, 2.05) is 6.08 Å². The molecule has 0 aromatic carbocycles. The summed E-state index contributed by atoms with van der Waals surface area (Å²) < 4.78 is 17.6. The van der Waals surface area contributed by atoms with Crippen molar-refractivity contribution in [3.8, 4) is 0 Å². The minimum absolute atomic E-state index is 0.0810. The van der Waals surface area contributed by atoms with E-state index in [-0.39, 0.29) is 19.4 Å². The lowest BCUT2D eigenvalue weighted by molar-refractivity contribution is -0.305. The van der Waals surface area contributed by atoms with Crippen LogP contribution in [0.15, 0.2) is 97.2 Å². The Kier molecular flexibility index (Phi) is 53.2. The maximum Gasteiger partial charge on any atom is 0.306 e. The first-order valence-electron chi connectivity index (χ1n) is 33.0. The molecular weight excluding hydrogens is 1010 g/mol. The number of carbonyl (C=O) groups excluding carboxylic acids is 2. The standard InChI is InChI=1S/C70H121NO10/c1-4-7-10-13-16-19-22-25-27-29-31-33-34-36-39-42-45-48-51-54-57-63(74)69(78)71-61(62(73)56-53-50-47-44-41-38-24-21-18-15-12-9-6-3)60-79-70-68(67(77)66(76)64(59-72)80-70)81-65(75)58-55-52-49-46-43-40-37-35-32-30-28-26-23-20-17-14-11-8-5-2/h16-17,19-20,25-28,31-33,35,40,43,53,56,61-64,66-68,70,72-74,76-77H,4-15,18,21-24,29-30,34,36-39,41-42,44-52,54-55,57-60H2,1-3H3,(H,71,78)/b19-16-,20-17-,27-25-,28-26-,33-31-,35-32-,43-40-,56-53+. The molecule has 1 heterocycles. The van der Waals surface area contributed by atoms with Gasteiger partial charge in [0.2, 0.25) is 5.91 Å². The number of ether oxygens (including phenoxy) is 3. The van der Waals surface area contributed by atoms with E-state index in [0.717, 1.165) is 103 Å². The lowest BCUT2D eigenvalue weighted by Gasteiger charge is -2.41. The molecule has 81 heavy (non-hydrogen) atoms. The predicted octanol–water partition coefficient (Wildman–Crippen LogP) is 16.3. The average Bonchev–Trinajstić information content (AvgIpc) is 3.47. The van der Waals surface area contributed by atoms with Crippen molar-refractivity contribution in [3.05, 3.63) is 97.2 Å². The first-order valence-corrected chi connectivity index (χ1v) is 33.0. The van der Waals surface area contributed by atoms with Crippen LogP contribution in [0, 0.1) is 0 Å². The summed E-state index contributed by atoms with van der Waals surface area (Å²) in [5, 5.41) is 57.1. The lowest BCUT2D eigenvalue weighted by atomic mass is 9.99. The van der Waals surface area contributed by atoms with Crippen LogP contribution in [0.4, 0.5) is 0 Å². The van der Waals surface area contributed by atoms with Crippen LogP contribution >= 0.6 is 0 Å². The van der Waals surface area contributed by atoms with Gasteiger partial charge in [-0.1, -0.05) is 253 Å². The number of allylic oxidation sites excluding steroid dienone is 15. The smallest absolute Gasteiger partial charge is 0.306 e. The number of nitrogens with one attached hydrogen (secondary N) is 1. The van der Waals surface area contributed by atoms with Gasteiger partial charge in [0.15, 0.2) is 12.4 Å². The van der Waals surface area contributed by atoms with Gasteiger partial charge in [0.1, 0.15) is 24.4 Å². The van der Waals surface area contributed by atoms with Crippen molar-refractivity contribution in [2.24, 2.45) is 0 Å². The summed E-state index contributed by atoms with van der Waals surface area (Å²) in [5.41, 5.74) is 0. The molecule has 11 nitrogen and oxygen atoms in total. The highest BCUT2D eigenvalue weighted by atomic mass is 16.7. The Labute approximate surface area is 495 Å². The third kappa shape index (κ3) is 44.7. The van der Waals surface area contributed by atoms with Crippen molar-refractivity contribution in [2.45, 2.75) is 320 Å². The summed E-state index contributed by atoms with van der Waals surface area (Å²) in [6, 6.07) is -1.04. The minimum atomic E-state index is -1.63. The maximum absolute atomic E-state index is 13.5. The number of rotatable bonds is 55. The molecule has 1 aliphatic rings. The number of hydrogen-bond acceptors (Lipinski definition) is 10. The van der Waals surface area contributed by atoms with Crippen LogP contribution in [-0.2, 0) is 23.8 Å². The van der Waals surface area contributed by atoms with Crippen LogP contribution in [0.5, 0.6) is 0 Å². The molecule has 0 bridgehead atoms. The van der Waals surface area contributed by atoms with Gasteiger partial charge in [-0.15, -0.1) is 0 Å². The first-order chi connectivity index (χ1) is 39.7. The van der Waals surface area contributed by atoms with Crippen LogP contribution in [0.3, 0.4) is 0 Å². The maximum atomic E-state index is 13.5. The monoisotopic (exact) mass is 1140 g/mol. The van der Waals surface area contributed by atoms with Crippen molar-refractivity contribution in [1.29, 1.82) is 0 Å². The SMILES string of the molecule is CCCCC/C=C\C/C=C\C/C=C\C/C=C\CCCCCC(=O)OC1C(OCC(NC(=O)C(O)CCCCCCCCC/C=C\C/C=C\C/C=C\CCCCC)C(O)/C=C/CCCCCCCCCCCCC)OC(CO)C(O)C1O. The van der Waals surface area contributed by atoms with Gasteiger partial charge in [-0.2, -0.15) is 0 Å². The van der Waals surface area contributed by atoms with Crippen LogP contribution in [0.2, 0.25) is 0 Å². The van der Waals surface area contributed by atoms with Gasteiger partial charge >= 0.3 is 5.97 Å². The van der Waals surface area contributed by atoms with Gasteiger partial charge in [0, 0.05) is 6.42 Å². The summed E-state index contributed by atoms with van der Waals surface area (Å²) in [5.74, 6) is -1.24. The van der Waals surface area contributed by atoms with E-state index in [4.69, 9.17) is 14.2 Å². The van der Waals surface area contributed by atoms with Crippen LogP contribution in [0.25, 0.3) is 0 Å². The fourth-order valence-electron chi connectivity index (χ4n) is 9.70. The molecule has 466 valence electrons. The molecule has 0 aliphatic carbocycles. The third-order valence-corrected chi connectivity index (χ3v) is 15.0. The van der Waals surface area contributed by atoms with E-state index in [1.165, 1.54) is 122 Å². The Bertz CT molecular complexity index is 1690. The molecule has 6 N–H and O–H groups in total. The predicted molar refractivity (Wildman–Crippen MR) is 338 cm³/mol. The van der Waals surface area contributed by atoms with Crippen molar-refractivity contribution in [1.82, 2.24) is 5.32 Å². The van der Waals surface area contributed by atoms with Gasteiger partial charge in [-0.05, 0) is 109 Å². The largest absolute Gasteiger partial charge is 0.454 e. The second kappa shape index (κ2) is 57.0. The molecule has 8 atom stereocenters. The molecule has 11 heteroatoms. The zero-order valence-corrected chi connectivity index (χ0v) is 51.6. The number of aliphatic hydroxyl groups excluding tert-OH is 5. The highest BCUT2D eigenvalue weighted by Gasteiger charge is 2.47. The normalized spacial score (nSPS) is 19.3. The topological polar surface area (TPSA) is 175 Å². The Morgan fingerprint density at radius 2 is 0.852 bits per heavy atom. The first kappa shape index (κ1) is 75.6. The molecule has 0 spiro atoms. The summed E-state index contributed by atoms with van der Waals surface area (Å²) in [6.07, 6.45) is 65.7. The van der Waals surface area contributed by atoms with Gasteiger partial charge in [-0.25, -0.2) is 0 Å². The Hall–Kier alpha value is -3.42. The fourth-order valence-corrected chi connectivity index (χ4v) is 9.70. The molecule has 1 saturated heterocycles. The van der Waals surface area contributed by atoms with Crippen molar-refractivity contribution >= 4 is 11.9 Å². The van der Waals surface area contributed by atoms with E-state index < -0.39 is 67.4 Å². The Balaban J connectivity index is 2.69. The highest BCUT2D eigenvalue weighted by Crippen LogP contribution is 2.26. The number of aliphatic hydroxyl groups is 5. The minimum Gasteiger partial charge on any atom is -0.454 e. The number of amides is 1. The van der Waals surface area contributed by atoms with E-state index in [1.54, 1.807) is 6.08 Å². The molecule has 1 rings (SSSR count). The molecule has 0 aromatic heterocycles. The summed E-state index contributed by atoms with van der Waals surface area (Å²) in [4.78, 5) is 26.6. The Morgan fingerprint density at radius 3 is 1.30 bits per heavy atom. The molecule has 1 fully saturated rings. The molecule has 1 aliphatic heterocycles. The third-order valence-electron chi connectivity index (χ3n) is 15.0.